The number of hydrogen-bond acceptors (Lipinski definition) is 2. The molecule has 0 saturated carbocycles. The summed E-state index contributed by atoms with van der Waals surface area (Å²) < 4.78 is 10.9. The van der Waals surface area contributed by atoms with Gasteiger partial charge in [-0.2, -0.15) is 0 Å². The second kappa shape index (κ2) is 6.41. The fourth-order valence-corrected chi connectivity index (χ4v) is 1.56. The lowest BCUT2D eigenvalue weighted by Crippen LogP contribution is -2.33. The minimum absolute atomic E-state index is 0.143. The highest BCUT2D eigenvalue weighted by Gasteiger charge is 2.26. The summed E-state index contributed by atoms with van der Waals surface area (Å²) in [6.07, 6.45) is 3.06. The van der Waals surface area contributed by atoms with Crippen LogP contribution in [0.5, 0.6) is 0 Å². The molecule has 2 unspecified atom stereocenters. The molecule has 0 spiro atoms. The molecule has 0 heterocycles. The van der Waals surface area contributed by atoms with Gasteiger partial charge in [0.15, 0.2) is 0 Å². The molecule has 2 nitrogen and oxygen atoms in total. The summed E-state index contributed by atoms with van der Waals surface area (Å²) in [4.78, 5) is 0. The molecule has 14 heavy (non-hydrogen) atoms. The summed E-state index contributed by atoms with van der Waals surface area (Å²) in [5.41, 5.74) is -0.143. The number of ether oxygens (including phenoxy) is 2. The van der Waals surface area contributed by atoms with Gasteiger partial charge in [0.25, 0.3) is 0 Å². The Labute approximate surface area is 89.0 Å². The van der Waals surface area contributed by atoms with E-state index in [1.54, 1.807) is 14.2 Å². The van der Waals surface area contributed by atoms with E-state index in [-0.39, 0.29) is 11.7 Å². The molecule has 0 fully saturated rings. The SMILES string of the molecule is [CH2]CC(C)(CC(CC(C)C)OC)OC. The summed E-state index contributed by atoms with van der Waals surface area (Å²) in [5, 5.41) is 0. The van der Waals surface area contributed by atoms with Crippen molar-refractivity contribution in [3.05, 3.63) is 6.92 Å². The lowest BCUT2D eigenvalue weighted by Gasteiger charge is -2.31. The molecule has 0 aromatic rings. The second-order valence-corrected chi connectivity index (χ2v) is 4.60. The average Bonchev–Trinajstić information content (AvgIpc) is 2.16. The number of rotatable bonds is 7. The predicted octanol–water partition coefficient (Wildman–Crippen LogP) is 3.07. The molecule has 0 rings (SSSR count). The van der Waals surface area contributed by atoms with Crippen LogP contribution in [0, 0.1) is 12.8 Å². The van der Waals surface area contributed by atoms with Crippen molar-refractivity contribution in [3.8, 4) is 0 Å². The summed E-state index contributed by atoms with van der Waals surface area (Å²) in [6, 6.07) is 0. The van der Waals surface area contributed by atoms with Gasteiger partial charge in [-0.25, -0.2) is 0 Å². The van der Waals surface area contributed by atoms with E-state index in [0.717, 1.165) is 19.3 Å². The zero-order valence-corrected chi connectivity index (χ0v) is 10.3. The first-order valence-electron chi connectivity index (χ1n) is 5.34. The second-order valence-electron chi connectivity index (χ2n) is 4.60. The Hall–Kier alpha value is -0.0800. The first kappa shape index (κ1) is 13.9. The lowest BCUT2D eigenvalue weighted by atomic mass is 9.91. The predicted molar refractivity (Wildman–Crippen MR) is 60.3 cm³/mol. The van der Waals surface area contributed by atoms with E-state index < -0.39 is 0 Å². The van der Waals surface area contributed by atoms with Crippen LogP contribution in [0.2, 0.25) is 0 Å². The van der Waals surface area contributed by atoms with Crippen molar-refractivity contribution in [3.63, 3.8) is 0 Å². The monoisotopic (exact) mass is 201 g/mol. The van der Waals surface area contributed by atoms with E-state index in [0.29, 0.717) is 5.92 Å². The van der Waals surface area contributed by atoms with Crippen LogP contribution in [0.3, 0.4) is 0 Å². The van der Waals surface area contributed by atoms with Crippen LogP contribution < -0.4 is 0 Å². The van der Waals surface area contributed by atoms with Gasteiger partial charge in [0, 0.05) is 20.6 Å². The normalized spacial score (nSPS) is 18.2. The number of hydrogen-bond donors (Lipinski definition) is 0. The van der Waals surface area contributed by atoms with Gasteiger partial charge in [0.1, 0.15) is 0 Å². The van der Waals surface area contributed by atoms with Crippen LogP contribution in [0.4, 0.5) is 0 Å². The molecular weight excluding hydrogens is 176 g/mol. The third-order valence-electron chi connectivity index (χ3n) is 2.75. The van der Waals surface area contributed by atoms with E-state index in [4.69, 9.17) is 9.47 Å². The maximum Gasteiger partial charge on any atom is 0.0675 e. The largest absolute Gasteiger partial charge is 0.381 e. The highest BCUT2D eigenvalue weighted by atomic mass is 16.5. The fraction of sp³-hybridized carbons (Fsp3) is 0.917. The van der Waals surface area contributed by atoms with Crippen LogP contribution >= 0.6 is 0 Å². The molecule has 85 valence electrons. The Balaban J connectivity index is 4.14. The Kier molecular flexibility index (Phi) is 6.38. The molecule has 0 aromatic carbocycles. The zero-order chi connectivity index (χ0) is 11.2. The van der Waals surface area contributed by atoms with Crippen molar-refractivity contribution < 1.29 is 9.47 Å². The Morgan fingerprint density at radius 3 is 2.14 bits per heavy atom. The molecule has 1 radical (unpaired) electrons. The standard InChI is InChI=1S/C12H25O2/c1-7-12(4,14-6)9-11(13-5)8-10(2)3/h10-11H,1,7-9H2,2-6H3. The van der Waals surface area contributed by atoms with Gasteiger partial charge in [-0.3, -0.25) is 0 Å². The van der Waals surface area contributed by atoms with Gasteiger partial charge in [-0.1, -0.05) is 20.8 Å². The number of methoxy groups -OCH3 is 2. The molecule has 0 aliphatic rings. The molecule has 0 amide bonds. The molecule has 0 N–H and O–H groups in total. The molecular formula is C12H25O2. The molecule has 0 aromatic heterocycles. The van der Waals surface area contributed by atoms with Gasteiger partial charge >= 0.3 is 0 Å². The zero-order valence-electron chi connectivity index (χ0n) is 10.3. The summed E-state index contributed by atoms with van der Waals surface area (Å²) in [7, 11) is 3.51. The molecule has 0 aliphatic carbocycles. The van der Waals surface area contributed by atoms with E-state index in [1.165, 1.54) is 0 Å². The van der Waals surface area contributed by atoms with Gasteiger partial charge in [-0.15, -0.1) is 0 Å². The summed E-state index contributed by atoms with van der Waals surface area (Å²) in [5.74, 6) is 0.658. The van der Waals surface area contributed by atoms with Gasteiger partial charge < -0.3 is 9.47 Å². The Bertz CT molecular complexity index is 139. The van der Waals surface area contributed by atoms with Gasteiger partial charge in [0.05, 0.1) is 11.7 Å². The maximum atomic E-state index is 5.46. The summed E-state index contributed by atoms with van der Waals surface area (Å²) >= 11 is 0. The maximum absolute atomic E-state index is 5.46. The molecule has 2 heteroatoms. The van der Waals surface area contributed by atoms with Crippen LogP contribution in [0.1, 0.15) is 40.0 Å². The van der Waals surface area contributed by atoms with Crippen molar-refractivity contribution in [1.29, 1.82) is 0 Å². The Morgan fingerprint density at radius 1 is 1.29 bits per heavy atom. The molecule has 0 bridgehead atoms. The van der Waals surface area contributed by atoms with Crippen molar-refractivity contribution in [2.75, 3.05) is 14.2 Å². The van der Waals surface area contributed by atoms with E-state index >= 15 is 0 Å². The van der Waals surface area contributed by atoms with Crippen molar-refractivity contribution in [2.24, 2.45) is 5.92 Å². The van der Waals surface area contributed by atoms with Crippen LogP contribution in [-0.4, -0.2) is 25.9 Å². The fourth-order valence-electron chi connectivity index (χ4n) is 1.56. The summed E-state index contributed by atoms with van der Waals surface area (Å²) in [6.45, 7) is 10.4. The average molecular weight is 201 g/mol. The van der Waals surface area contributed by atoms with Crippen molar-refractivity contribution in [1.82, 2.24) is 0 Å². The van der Waals surface area contributed by atoms with Crippen LogP contribution in [0.15, 0.2) is 0 Å². The van der Waals surface area contributed by atoms with Crippen LogP contribution in [0.25, 0.3) is 0 Å². The van der Waals surface area contributed by atoms with Crippen molar-refractivity contribution in [2.45, 2.75) is 51.7 Å². The highest BCUT2D eigenvalue weighted by molar-refractivity contribution is 4.80. The van der Waals surface area contributed by atoms with Crippen molar-refractivity contribution >= 4 is 0 Å². The molecule has 0 aliphatic heterocycles. The third-order valence-corrected chi connectivity index (χ3v) is 2.75. The smallest absolute Gasteiger partial charge is 0.0675 e. The first-order valence-corrected chi connectivity index (χ1v) is 5.34. The Morgan fingerprint density at radius 2 is 1.86 bits per heavy atom. The minimum atomic E-state index is -0.143. The van der Waals surface area contributed by atoms with E-state index in [9.17, 15) is 0 Å². The van der Waals surface area contributed by atoms with E-state index in [1.807, 2.05) is 0 Å². The third kappa shape index (κ3) is 4.97. The lowest BCUT2D eigenvalue weighted by molar-refractivity contribution is -0.0466. The van der Waals surface area contributed by atoms with Crippen LogP contribution in [-0.2, 0) is 9.47 Å². The molecule has 2 atom stereocenters. The first-order chi connectivity index (χ1) is 6.47. The van der Waals surface area contributed by atoms with E-state index in [2.05, 4.69) is 27.7 Å². The van der Waals surface area contributed by atoms with Gasteiger partial charge in [-0.05, 0) is 25.7 Å². The molecule has 0 saturated heterocycles. The topological polar surface area (TPSA) is 18.5 Å². The minimum Gasteiger partial charge on any atom is -0.381 e. The highest BCUT2D eigenvalue weighted by Crippen LogP contribution is 2.24. The van der Waals surface area contributed by atoms with Gasteiger partial charge in [0.2, 0.25) is 0 Å². The quantitative estimate of drug-likeness (QED) is 0.630.